The summed E-state index contributed by atoms with van der Waals surface area (Å²) < 4.78 is 5.17. The first-order valence-corrected chi connectivity index (χ1v) is 6.98. The molecule has 0 saturated heterocycles. The lowest BCUT2D eigenvalue weighted by molar-refractivity contribution is -0.158. The van der Waals surface area contributed by atoms with Crippen molar-refractivity contribution in [3.8, 4) is 0 Å². The number of aliphatic carboxylic acids is 1. The summed E-state index contributed by atoms with van der Waals surface area (Å²) >= 11 is 0. The predicted molar refractivity (Wildman–Crippen MR) is 71.9 cm³/mol. The van der Waals surface area contributed by atoms with Crippen molar-refractivity contribution in [2.45, 2.75) is 77.0 Å². The van der Waals surface area contributed by atoms with Gasteiger partial charge in [-0.05, 0) is 33.6 Å². The van der Waals surface area contributed by atoms with Crippen molar-refractivity contribution in [3.63, 3.8) is 0 Å². The predicted octanol–water partition coefficient (Wildman–Crippen LogP) is 2.09. The van der Waals surface area contributed by atoms with Crippen LogP contribution in [0, 0.1) is 0 Å². The zero-order valence-electron chi connectivity index (χ0n) is 12.1. The van der Waals surface area contributed by atoms with E-state index in [1.165, 1.54) is 6.42 Å². The second-order valence-corrected chi connectivity index (χ2v) is 6.18. The summed E-state index contributed by atoms with van der Waals surface area (Å²) in [4.78, 5) is 22.9. The van der Waals surface area contributed by atoms with Gasteiger partial charge in [0.1, 0.15) is 11.6 Å². The molecule has 1 fully saturated rings. The molecule has 0 aliphatic heterocycles. The molecule has 19 heavy (non-hydrogen) atoms. The SMILES string of the molecule is CC(C)(C)OC(=O)C[C@@H](NC1CCCCC1)C(=O)O. The average molecular weight is 271 g/mol. The fourth-order valence-electron chi connectivity index (χ4n) is 2.32. The van der Waals surface area contributed by atoms with Crippen LogP contribution in [-0.4, -0.2) is 34.7 Å². The third-order valence-electron chi connectivity index (χ3n) is 3.13. The van der Waals surface area contributed by atoms with Crippen molar-refractivity contribution >= 4 is 11.9 Å². The van der Waals surface area contributed by atoms with Gasteiger partial charge < -0.3 is 15.2 Å². The van der Waals surface area contributed by atoms with Gasteiger partial charge in [-0.25, -0.2) is 0 Å². The molecule has 1 atom stereocenters. The van der Waals surface area contributed by atoms with E-state index in [4.69, 9.17) is 4.74 Å². The van der Waals surface area contributed by atoms with Crippen LogP contribution in [0.3, 0.4) is 0 Å². The highest BCUT2D eigenvalue weighted by Gasteiger charge is 2.27. The van der Waals surface area contributed by atoms with Crippen LogP contribution in [0.25, 0.3) is 0 Å². The molecule has 0 aromatic rings. The Bertz CT molecular complexity index is 316. The highest BCUT2D eigenvalue weighted by Crippen LogP contribution is 2.18. The van der Waals surface area contributed by atoms with Gasteiger partial charge in [-0.2, -0.15) is 0 Å². The van der Waals surface area contributed by atoms with Crippen LogP contribution in [0.15, 0.2) is 0 Å². The largest absolute Gasteiger partial charge is 0.480 e. The second kappa shape index (κ2) is 6.89. The molecule has 1 aliphatic rings. The van der Waals surface area contributed by atoms with Crippen molar-refractivity contribution in [2.75, 3.05) is 0 Å². The summed E-state index contributed by atoms with van der Waals surface area (Å²) in [7, 11) is 0. The van der Waals surface area contributed by atoms with E-state index in [9.17, 15) is 14.7 Å². The number of nitrogens with one attached hydrogen (secondary N) is 1. The summed E-state index contributed by atoms with van der Waals surface area (Å²) in [6.45, 7) is 5.32. The van der Waals surface area contributed by atoms with E-state index in [1.54, 1.807) is 20.8 Å². The van der Waals surface area contributed by atoms with Crippen molar-refractivity contribution in [1.29, 1.82) is 0 Å². The Morgan fingerprint density at radius 3 is 2.32 bits per heavy atom. The van der Waals surface area contributed by atoms with Crippen LogP contribution in [0.1, 0.15) is 59.3 Å². The van der Waals surface area contributed by atoms with E-state index in [-0.39, 0.29) is 12.5 Å². The first-order valence-electron chi connectivity index (χ1n) is 6.98. The summed E-state index contributed by atoms with van der Waals surface area (Å²) in [6.07, 6.45) is 5.30. The maximum Gasteiger partial charge on any atom is 0.321 e. The van der Waals surface area contributed by atoms with Crippen LogP contribution in [0.2, 0.25) is 0 Å². The highest BCUT2D eigenvalue weighted by atomic mass is 16.6. The molecule has 0 aromatic carbocycles. The topological polar surface area (TPSA) is 75.6 Å². The van der Waals surface area contributed by atoms with E-state index >= 15 is 0 Å². The minimum Gasteiger partial charge on any atom is -0.480 e. The van der Waals surface area contributed by atoms with Crippen LogP contribution >= 0.6 is 0 Å². The molecule has 0 unspecified atom stereocenters. The Hall–Kier alpha value is -1.10. The molecular formula is C14H25NO4. The lowest BCUT2D eigenvalue weighted by Gasteiger charge is -2.27. The maximum atomic E-state index is 11.7. The fourth-order valence-corrected chi connectivity index (χ4v) is 2.32. The molecule has 0 amide bonds. The van der Waals surface area contributed by atoms with Gasteiger partial charge >= 0.3 is 11.9 Å². The normalized spacial score (nSPS) is 18.9. The molecule has 0 heterocycles. The van der Waals surface area contributed by atoms with Crippen LogP contribution in [0.4, 0.5) is 0 Å². The number of ether oxygens (including phenoxy) is 1. The van der Waals surface area contributed by atoms with Crippen LogP contribution in [0.5, 0.6) is 0 Å². The van der Waals surface area contributed by atoms with Crippen molar-refractivity contribution in [2.24, 2.45) is 0 Å². The zero-order valence-corrected chi connectivity index (χ0v) is 12.1. The van der Waals surface area contributed by atoms with Gasteiger partial charge in [0.25, 0.3) is 0 Å². The van der Waals surface area contributed by atoms with Gasteiger partial charge in [-0.1, -0.05) is 19.3 Å². The molecule has 0 radical (unpaired) electrons. The molecule has 2 N–H and O–H groups in total. The van der Waals surface area contributed by atoms with E-state index in [1.807, 2.05) is 0 Å². The summed E-state index contributed by atoms with van der Waals surface area (Å²) in [5, 5.41) is 12.3. The van der Waals surface area contributed by atoms with Crippen molar-refractivity contribution in [1.82, 2.24) is 5.32 Å². The fraction of sp³-hybridized carbons (Fsp3) is 0.857. The number of rotatable bonds is 5. The number of carboxylic acids is 1. The van der Waals surface area contributed by atoms with Crippen molar-refractivity contribution < 1.29 is 19.4 Å². The van der Waals surface area contributed by atoms with E-state index in [0.29, 0.717) is 0 Å². The Balaban J connectivity index is 2.48. The Morgan fingerprint density at radius 1 is 1.26 bits per heavy atom. The van der Waals surface area contributed by atoms with Crippen LogP contribution in [-0.2, 0) is 14.3 Å². The molecule has 1 rings (SSSR count). The van der Waals surface area contributed by atoms with Crippen molar-refractivity contribution in [3.05, 3.63) is 0 Å². The monoisotopic (exact) mass is 271 g/mol. The quantitative estimate of drug-likeness (QED) is 0.749. The van der Waals surface area contributed by atoms with Gasteiger partial charge in [-0.3, -0.25) is 9.59 Å². The molecule has 1 aliphatic carbocycles. The third-order valence-corrected chi connectivity index (χ3v) is 3.13. The molecule has 5 heteroatoms. The minimum absolute atomic E-state index is 0.122. The number of esters is 1. The summed E-state index contributed by atoms with van der Waals surface area (Å²) in [5.41, 5.74) is -0.578. The number of carbonyl (C=O) groups is 2. The molecule has 0 aromatic heterocycles. The molecule has 1 saturated carbocycles. The number of hydrogen-bond donors (Lipinski definition) is 2. The molecule has 0 bridgehead atoms. The van der Waals surface area contributed by atoms with E-state index in [0.717, 1.165) is 25.7 Å². The van der Waals surface area contributed by atoms with Gasteiger partial charge in [0.05, 0.1) is 6.42 Å². The maximum absolute atomic E-state index is 11.7. The third kappa shape index (κ3) is 6.57. The van der Waals surface area contributed by atoms with Gasteiger partial charge in [0.15, 0.2) is 0 Å². The number of carbonyl (C=O) groups excluding carboxylic acids is 1. The highest BCUT2D eigenvalue weighted by molar-refractivity contribution is 5.81. The van der Waals surface area contributed by atoms with Crippen LogP contribution < -0.4 is 5.32 Å². The molecule has 5 nitrogen and oxygen atoms in total. The smallest absolute Gasteiger partial charge is 0.321 e. The lowest BCUT2D eigenvalue weighted by Crippen LogP contribution is -2.46. The summed E-state index contributed by atoms with van der Waals surface area (Å²) in [6, 6.07) is -0.643. The second-order valence-electron chi connectivity index (χ2n) is 6.18. The van der Waals surface area contributed by atoms with E-state index < -0.39 is 23.6 Å². The van der Waals surface area contributed by atoms with E-state index in [2.05, 4.69) is 5.32 Å². The van der Waals surface area contributed by atoms with Gasteiger partial charge in [0, 0.05) is 6.04 Å². The first kappa shape index (κ1) is 16.0. The summed E-state index contributed by atoms with van der Waals surface area (Å²) in [5.74, 6) is -1.46. The van der Waals surface area contributed by atoms with Gasteiger partial charge in [0.2, 0.25) is 0 Å². The molecule has 0 spiro atoms. The Morgan fingerprint density at radius 2 is 1.84 bits per heavy atom. The first-order chi connectivity index (χ1) is 8.78. The molecular weight excluding hydrogens is 246 g/mol. The molecule has 110 valence electrons. The standard InChI is InChI=1S/C14H25NO4/c1-14(2,3)19-12(16)9-11(13(17)18)15-10-7-5-4-6-8-10/h10-11,15H,4-9H2,1-3H3,(H,17,18)/t11-/m1/s1. The zero-order chi connectivity index (χ0) is 14.5. The number of carboxylic acid groups (broad SMARTS) is 1. The van der Waals surface area contributed by atoms with Gasteiger partial charge in [-0.15, -0.1) is 0 Å². The Labute approximate surface area is 114 Å². The Kier molecular flexibility index (Phi) is 5.79. The number of hydrogen-bond acceptors (Lipinski definition) is 4. The minimum atomic E-state index is -0.989. The average Bonchev–Trinajstić information content (AvgIpc) is 2.26. The lowest BCUT2D eigenvalue weighted by atomic mass is 9.94.